The van der Waals surface area contributed by atoms with Gasteiger partial charge in [-0.15, -0.1) is 0 Å². The smallest absolute Gasteiger partial charge is 0.412 e. The summed E-state index contributed by atoms with van der Waals surface area (Å²) in [5.74, 6) is -0.516. The minimum atomic E-state index is -0.802. The Morgan fingerprint density at radius 1 is 1.00 bits per heavy atom. The number of rotatable bonds is 9. The summed E-state index contributed by atoms with van der Waals surface area (Å²) in [5, 5.41) is 23.0. The van der Waals surface area contributed by atoms with Gasteiger partial charge in [-0.25, -0.2) is 10.3 Å². The summed E-state index contributed by atoms with van der Waals surface area (Å²) in [6, 6.07) is 19.5. The molecule has 4 N–H and O–H groups in total. The maximum absolute atomic E-state index is 12.7. The van der Waals surface area contributed by atoms with Crippen molar-refractivity contribution in [2.24, 2.45) is 0 Å². The number of carbonyl (C=O) groups excluding carboxylic acids is 2. The van der Waals surface area contributed by atoms with E-state index >= 15 is 0 Å². The Kier molecular flexibility index (Phi) is 8.40. The van der Waals surface area contributed by atoms with Gasteiger partial charge in [-0.3, -0.25) is 15.3 Å². The van der Waals surface area contributed by atoms with E-state index in [2.05, 4.69) is 5.32 Å². The van der Waals surface area contributed by atoms with Crippen LogP contribution in [0.15, 0.2) is 78.9 Å². The van der Waals surface area contributed by atoms with E-state index in [4.69, 9.17) is 14.7 Å². The fourth-order valence-electron chi connectivity index (χ4n) is 3.56. The minimum absolute atomic E-state index is 0.119. The van der Waals surface area contributed by atoms with Crippen molar-refractivity contribution < 1.29 is 29.4 Å². The van der Waals surface area contributed by atoms with Crippen LogP contribution in [0.5, 0.6) is 5.75 Å². The van der Waals surface area contributed by atoms with Gasteiger partial charge in [0.05, 0.1) is 6.10 Å². The molecule has 3 rings (SSSR count). The molecular weight excluding hydrogens is 424 g/mol. The Hall–Kier alpha value is -3.88. The van der Waals surface area contributed by atoms with Gasteiger partial charge in [0, 0.05) is 29.8 Å². The number of benzene rings is 3. The Labute approximate surface area is 191 Å². The molecule has 0 radical (unpaired) electrons. The number of hydroxylamine groups is 1. The van der Waals surface area contributed by atoms with Gasteiger partial charge in [-0.1, -0.05) is 54.6 Å². The lowest BCUT2D eigenvalue weighted by Crippen LogP contribution is -2.28. The van der Waals surface area contributed by atoms with E-state index in [0.717, 1.165) is 5.39 Å². The monoisotopic (exact) mass is 450 g/mol. The Morgan fingerprint density at radius 3 is 2.39 bits per heavy atom. The van der Waals surface area contributed by atoms with Crippen LogP contribution in [0.1, 0.15) is 24.5 Å². The summed E-state index contributed by atoms with van der Waals surface area (Å²) in [6.07, 6.45) is 1.65. The first-order valence-electron chi connectivity index (χ1n) is 10.4. The van der Waals surface area contributed by atoms with Crippen molar-refractivity contribution in [3.05, 3.63) is 84.4 Å². The predicted molar refractivity (Wildman–Crippen MR) is 124 cm³/mol. The number of ether oxygens (including phenoxy) is 2. The number of phenolic OH excluding ortho intramolecular Hbond substituents is 1. The van der Waals surface area contributed by atoms with Gasteiger partial charge < -0.3 is 14.6 Å². The first-order chi connectivity index (χ1) is 16.0. The number of para-hydroxylation sites is 1. The van der Waals surface area contributed by atoms with Crippen molar-refractivity contribution in [3.63, 3.8) is 0 Å². The quantitative estimate of drug-likeness (QED) is 0.213. The number of hydrogen-bond donors (Lipinski definition) is 4. The van der Waals surface area contributed by atoms with Gasteiger partial charge >= 0.3 is 6.09 Å². The van der Waals surface area contributed by atoms with Gasteiger partial charge in [-0.05, 0) is 36.4 Å². The fraction of sp³-hybridized carbons (Fsp3) is 0.200. The minimum Gasteiger partial charge on any atom is -0.507 e. The van der Waals surface area contributed by atoms with Crippen molar-refractivity contribution in [2.75, 3.05) is 12.4 Å². The summed E-state index contributed by atoms with van der Waals surface area (Å²) in [5.41, 5.74) is 2.80. The van der Waals surface area contributed by atoms with Crippen molar-refractivity contribution in [3.8, 4) is 5.75 Å². The molecule has 0 aromatic heterocycles. The van der Waals surface area contributed by atoms with Crippen LogP contribution in [0.3, 0.4) is 0 Å². The first-order valence-corrected chi connectivity index (χ1v) is 10.4. The predicted octanol–water partition coefficient (Wildman–Crippen LogP) is 4.69. The molecule has 0 spiro atoms. The van der Waals surface area contributed by atoms with Crippen LogP contribution in [0, 0.1) is 0 Å². The normalized spacial score (nSPS) is 12.9. The summed E-state index contributed by atoms with van der Waals surface area (Å²) in [4.78, 5) is 23.9. The zero-order valence-corrected chi connectivity index (χ0v) is 18.1. The van der Waals surface area contributed by atoms with Crippen LogP contribution < -0.4 is 10.8 Å². The van der Waals surface area contributed by atoms with Crippen molar-refractivity contribution in [2.45, 2.75) is 25.0 Å². The molecule has 0 bridgehead atoms. The van der Waals surface area contributed by atoms with Gasteiger partial charge in [0.2, 0.25) is 0 Å². The second kappa shape index (κ2) is 11.7. The van der Waals surface area contributed by atoms with E-state index in [-0.39, 0.29) is 5.75 Å². The van der Waals surface area contributed by atoms with Gasteiger partial charge in [0.15, 0.2) is 6.10 Å². The number of aromatic hydroxyl groups is 1. The molecular formula is C25H26N2O6. The zero-order valence-electron chi connectivity index (χ0n) is 18.1. The number of methoxy groups -OCH3 is 1. The van der Waals surface area contributed by atoms with E-state index in [1.54, 1.807) is 48.5 Å². The molecule has 0 unspecified atom stereocenters. The van der Waals surface area contributed by atoms with E-state index < -0.39 is 24.2 Å². The third kappa shape index (κ3) is 6.31. The van der Waals surface area contributed by atoms with Gasteiger partial charge in [0.1, 0.15) is 5.75 Å². The molecule has 0 heterocycles. The highest BCUT2D eigenvalue weighted by atomic mass is 16.6. The molecule has 8 nitrogen and oxygen atoms in total. The lowest BCUT2D eigenvalue weighted by Gasteiger charge is -2.27. The molecule has 3 aromatic carbocycles. The van der Waals surface area contributed by atoms with Crippen LogP contribution in [0.2, 0.25) is 0 Å². The zero-order chi connectivity index (χ0) is 23.6. The molecule has 172 valence electrons. The third-order valence-electron chi connectivity index (χ3n) is 5.13. The van der Waals surface area contributed by atoms with E-state index in [9.17, 15) is 14.7 Å². The van der Waals surface area contributed by atoms with E-state index in [0.29, 0.717) is 29.5 Å². The standard InChI is InChI=1S/C25H26N2O6/c1-32-22(13-7-8-14-23(29)27-31)24(33-25(30)26-17-9-3-2-4-10-17)20-15-16-21(28)19-12-6-5-11-18(19)20/h2-6,8-12,14-16,22,24,28,31H,7,13H2,1H3,(H,26,30)(H,27,29)/b14-8+/t22-,24-/m1/s1. The highest BCUT2D eigenvalue weighted by Crippen LogP contribution is 2.36. The second-order valence-electron chi connectivity index (χ2n) is 7.27. The summed E-state index contributed by atoms with van der Waals surface area (Å²) in [6.45, 7) is 0. The average molecular weight is 450 g/mol. The van der Waals surface area contributed by atoms with E-state index in [1.807, 2.05) is 24.3 Å². The molecule has 0 saturated carbocycles. The van der Waals surface area contributed by atoms with Crippen molar-refractivity contribution in [1.82, 2.24) is 5.48 Å². The number of anilines is 1. The van der Waals surface area contributed by atoms with Crippen LogP contribution >= 0.6 is 0 Å². The Bertz CT molecular complexity index is 1120. The summed E-state index contributed by atoms with van der Waals surface area (Å²) < 4.78 is 11.5. The molecule has 0 aliphatic rings. The molecule has 0 aliphatic carbocycles. The molecule has 0 fully saturated rings. The maximum Gasteiger partial charge on any atom is 0.412 e. The second-order valence-corrected chi connectivity index (χ2v) is 7.27. The van der Waals surface area contributed by atoms with Gasteiger partial charge in [-0.2, -0.15) is 0 Å². The topological polar surface area (TPSA) is 117 Å². The Morgan fingerprint density at radius 2 is 1.70 bits per heavy atom. The molecule has 0 aliphatic heterocycles. The molecule has 3 aromatic rings. The largest absolute Gasteiger partial charge is 0.507 e. The molecule has 2 amide bonds. The van der Waals surface area contributed by atoms with Crippen LogP contribution in [0.4, 0.5) is 10.5 Å². The number of hydrogen-bond acceptors (Lipinski definition) is 6. The number of phenols is 1. The Balaban J connectivity index is 1.90. The van der Waals surface area contributed by atoms with Crippen LogP contribution in [-0.2, 0) is 14.3 Å². The van der Waals surface area contributed by atoms with E-state index in [1.165, 1.54) is 18.7 Å². The number of allylic oxidation sites excluding steroid dienone is 1. The number of nitrogens with one attached hydrogen (secondary N) is 2. The highest BCUT2D eigenvalue weighted by Gasteiger charge is 2.29. The number of carbonyl (C=O) groups is 2. The molecule has 0 saturated heterocycles. The lowest BCUT2D eigenvalue weighted by atomic mass is 9.94. The number of fused-ring (bicyclic) bond motifs is 1. The third-order valence-corrected chi connectivity index (χ3v) is 5.13. The van der Waals surface area contributed by atoms with Crippen molar-refractivity contribution in [1.29, 1.82) is 0 Å². The molecule has 2 atom stereocenters. The average Bonchev–Trinajstić information content (AvgIpc) is 2.84. The first kappa shape index (κ1) is 23.8. The van der Waals surface area contributed by atoms with Gasteiger partial charge in [0.25, 0.3) is 5.91 Å². The maximum atomic E-state index is 12.7. The fourth-order valence-corrected chi connectivity index (χ4v) is 3.56. The summed E-state index contributed by atoms with van der Waals surface area (Å²) in [7, 11) is 1.52. The van der Waals surface area contributed by atoms with Crippen LogP contribution in [0.25, 0.3) is 10.8 Å². The SMILES string of the molecule is CO[C@H](CC/C=C/C(=O)NO)[C@H](OC(=O)Nc1ccccc1)c1ccc(O)c2ccccc12. The highest BCUT2D eigenvalue weighted by molar-refractivity contribution is 5.91. The van der Waals surface area contributed by atoms with Crippen molar-refractivity contribution >= 4 is 28.5 Å². The lowest BCUT2D eigenvalue weighted by molar-refractivity contribution is -0.124. The molecule has 8 heteroatoms. The number of amides is 2. The van der Waals surface area contributed by atoms with Crippen LogP contribution in [-0.4, -0.2) is 35.5 Å². The summed E-state index contributed by atoms with van der Waals surface area (Å²) >= 11 is 0. The molecule has 33 heavy (non-hydrogen) atoms.